The maximum absolute atomic E-state index is 13.8. The summed E-state index contributed by atoms with van der Waals surface area (Å²) in [5.41, 5.74) is 4.30. The van der Waals surface area contributed by atoms with E-state index in [0.29, 0.717) is 18.5 Å². The fourth-order valence-electron chi connectivity index (χ4n) is 4.69. The second kappa shape index (κ2) is 14.1. The SMILES string of the molecule is Cc1ccc(C)c(N(CCCC(=O)N(Cc2ccccc2)[C@@H](Cc2ccccc2)C(=O)NC(C)C)S(C)(=O)=O)c1. The lowest BCUT2D eigenvalue weighted by Crippen LogP contribution is -2.51. The molecule has 0 aliphatic heterocycles. The zero-order valence-corrected chi connectivity index (χ0v) is 24.9. The summed E-state index contributed by atoms with van der Waals surface area (Å²) in [7, 11) is -3.56. The Bertz CT molecular complexity index is 1380. The first-order chi connectivity index (χ1) is 19.0. The number of sulfonamides is 1. The van der Waals surface area contributed by atoms with Crippen LogP contribution in [0.25, 0.3) is 0 Å². The van der Waals surface area contributed by atoms with E-state index in [1.54, 1.807) is 4.90 Å². The van der Waals surface area contributed by atoms with Crippen LogP contribution in [-0.4, -0.2) is 50.0 Å². The van der Waals surface area contributed by atoms with Crippen molar-refractivity contribution in [3.8, 4) is 0 Å². The fraction of sp³-hybridized carbons (Fsp3) is 0.375. The minimum absolute atomic E-state index is 0.0830. The minimum atomic E-state index is -3.56. The van der Waals surface area contributed by atoms with Gasteiger partial charge in [0.2, 0.25) is 21.8 Å². The predicted molar refractivity (Wildman–Crippen MR) is 162 cm³/mol. The van der Waals surface area contributed by atoms with Crippen molar-refractivity contribution in [1.82, 2.24) is 10.2 Å². The molecule has 0 aromatic heterocycles. The molecule has 214 valence electrons. The molecule has 40 heavy (non-hydrogen) atoms. The highest BCUT2D eigenvalue weighted by molar-refractivity contribution is 7.92. The van der Waals surface area contributed by atoms with Crippen molar-refractivity contribution in [3.63, 3.8) is 0 Å². The maximum Gasteiger partial charge on any atom is 0.243 e. The number of amides is 2. The molecule has 3 aromatic rings. The molecule has 0 fully saturated rings. The van der Waals surface area contributed by atoms with Gasteiger partial charge in [0.1, 0.15) is 6.04 Å². The number of carbonyl (C=O) groups is 2. The number of hydrogen-bond donors (Lipinski definition) is 1. The summed E-state index contributed by atoms with van der Waals surface area (Å²) in [5, 5.41) is 2.99. The molecule has 3 rings (SSSR count). The fourth-order valence-corrected chi connectivity index (χ4v) is 5.70. The number of carbonyl (C=O) groups excluding carboxylic acids is 2. The Morgan fingerprint density at radius 3 is 2.05 bits per heavy atom. The molecule has 0 bridgehead atoms. The average molecular weight is 564 g/mol. The lowest BCUT2D eigenvalue weighted by atomic mass is 10.0. The van der Waals surface area contributed by atoms with Crippen LogP contribution in [-0.2, 0) is 32.6 Å². The molecule has 0 saturated carbocycles. The van der Waals surface area contributed by atoms with E-state index in [0.717, 1.165) is 22.3 Å². The van der Waals surface area contributed by atoms with E-state index in [1.165, 1.54) is 10.6 Å². The first-order valence-corrected chi connectivity index (χ1v) is 15.5. The first kappa shape index (κ1) is 30.9. The Labute approximate surface area is 239 Å². The Balaban J connectivity index is 1.88. The molecule has 0 spiro atoms. The molecule has 3 aromatic carbocycles. The van der Waals surface area contributed by atoms with Crippen LogP contribution in [0, 0.1) is 13.8 Å². The highest BCUT2D eigenvalue weighted by Gasteiger charge is 2.31. The number of aryl methyl sites for hydroxylation is 2. The van der Waals surface area contributed by atoms with Crippen LogP contribution in [0.3, 0.4) is 0 Å². The summed E-state index contributed by atoms with van der Waals surface area (Å²) >= 11 is 0. The lowest BCUT2D eigenvalue weighted by molar-refractivity contribution is -0.141. The van der Waals surface area contributed by atoms with Crippen LogP contribution >= 0.6 is 0 Å². The van der Waals surface area contributed by atoms with E-state index < -0.39 is 16.1 Å². The van der Waals surface area contributed by atoms with Crippen LogP contribution in [0.5, 0.6) is 0 Å². The van der Waals surface area contributed by atoms with Gasteiger partial charge in [-0.15, -0.1) is 0 Å². The van der Waals surface area contributed by atoms with Crippen LogP contribution in [0.15, 0.2) is 78.9 Å². The van der Waals surface area contributed by atoms with Gasteiger partial charge in [0.25, 0.3) is 0 Å². The molecule has 0 saturated heterocycles. The quantitative estimate of drug-likeness (QED) is 0.317. The number of nitrogens with zero attached hydrogens (tertiary/aromatic N) is 2. The Morgan fingerprint density at radius 2 is 1.48 bits per heavy atom. The molecular weight excluding hydrogens is 522 g/mol. The van der Waals surface area contributed by atoms with Crippen molar-refractivity contribution in [2.75, 3.05) is 17.1 Å². The van der Waals surface area contributed by atoms with E-state index in [2.05, 4.69) is 5.32 Å². The number of benzene rings is 3. The summed E-state index contributed by atoms with van der Waals surface area (Å²) < 4.78 is 26.8. The zero-order chi connectivity index (χ0) is 29.3. The Kier molecular flexibility index (Phi) is 10.9. The van der Waals surface area contributed by atoms with Crippen molar-refractivity contribution < 1.29 is 18.0 Å². The third-order valence-corrected chi connectivity index (χ3v) is 7.86. The molecule has 0 unspecified atom stereocenters. The summed E-state index contributed by atoms with van der Waals surface area (Å²) in [6.45, 7) is 8.03. The minimum Gasteiger partial charge on any atom is -0.352 e. The summed E-state index contributed by atoms with van der Waals surface area (Å²) in [5.74, 6) is -0.408. The zero-order valence-electron chi connectivity index (χ0n) is 24.1. The smallest absolute Gasteiger partial charge is 0.243 e. The molecule has 0 aliphatic rings. The lowest BCUT2D eigenvalue weighted by Gasteiger charge is -2.32. The third kappa shape index (κ3) is 8.95. The summed E-state index contributed by atoms with van der Waals surface area (Å²) in [6.07, 6.45) is 1.97. The highest BCUT2D eigenvalue weighted by Crippen LogP contribution is 2.25. The number of anilines is 1. The standard InChI is InChI=1S/C32H41N3O4S/c1-24(2)33-32(37)30(22-27-13-8-6-9-14-27)34(23-28-15-10-7-11-16-28)31(36)17-12-20-35(40(5,38)39)29-21-25(3)18-19-26(29)4/h6-11,13-16,18-19,21,24,30H,12,17,20,22-23H2,1-5H3,(H,33,37)/t30-/m0/s1. The molecule has 0 radical (unpaired) electrons. The van der Waals surface area contributed by atoms with Crippen molar-refractivity contribution >= 4 is 27.5 Å². The van der Waals surface area contributed by atoms with Crippen molar-refractivity contribution in [2.24, 2.45) is 0 Å². The van der Waals surface area contributed by atoms with Crippen LogP contribution in [0.4, 0.5) is 5.69 Å². The number of nitrogens with one attached hydrogen (secondary N) is 1. The van der Waals surface area contributed by atoms with E-state index in [-0.39, 0.29) is 37.4 Å². The second-order valence-corrected chi connectivity index (χ2v) is 12.5. The van der Waals surface area contributed by atoms with E-state index in [9.17, 15) is 18.0 Å². The molecule has 2 amide bonds. The van der Waals surface area contributed by atoms with Crippen molar-refractivity contribution in [2.45, 2.75) is 65.6 Å². The van der Waals surface area contributed by atoms with Crippen molar-refractivity contribution in [1.29, 1.82) is 0 Å². The van der Waals surface area contributed by atoms with Gasteiger partial charge in [0.15, 0.2) is 0 Å². The molecular formula is C32H41N3O4S. The Hall–Kier alpha value is -3.65. The average Bonchev–Trinajstić information content (AvgIpc) is 2.90. The second-order valence-electron chi connectivity index (χ2n) is 10.6. The van der Waals surface area contributed by atoms with E-state index in [1.807, 2.05) is 107 Å². The van der Waals surface area contributed by atoms with Gasteiger partial charge in [-0.25, -0.2) is 8.42 Å². The predicted octanol–water partition coefficient (Wildman–Crippen LogP) is 5.01. The van der Waals surface area contributed by atoms with Gasteiger partial charge >= 0.3 is 0 Å². The van der Waals surface area contributed by atoms with Gasteiger partial charge in [0.05, 0.1) is 11.9 Å². The number of rotatable bonds is 13. The van der Waals surface area contributed by atoms with E-state index in [4.69, 9.17) is 0 Å². The van der Waals surface area contributed by atoms with Gasteiger partial charge < -0.3 is 10.2 Å². The van der Waals surface area contributed by atoms with Gasteiger partial charge in [-0.2, -0.15) is 0 Å². The largest absolute Gasteiger partial charge is 0.352 e. The molecule has 8 heteroatoms. The molecule has 0 heterocycles. The van der Waals surface area contributed by atoms with Crippen LogP contribution < -0.4 is 9.62 Å². The molecule has 0 aliphatic carbocycles. The third-order valence-electron chi connectivity index (χ3n) is 6.68. The molecule has 7 nitrogen and oxygen atoms in total. The molecule has 1 N–H and O–H groups in total. The van der Waals surface area contributed by atoms with E-state index >= 15 is 0 Å². The van der Waals surface area contributed by atoms with Crippen LogP contribution in [0.1, 0.15) is 48.9 Å². The monoisotopic (exact) mass is 563 g/mol. The van der Waals surface area contributed by atoms with Crippen LogP contribution in [0.2, 0.25) is 0 Å². The van der Waals surface area contributed by atoms with Gasteiger partial charge in [-0.05, 0) is 62.4 Å². The van der Waals surface area contributed by atoms with Gasteiger partial charge in [-0.1, -0.05) is 72.8 Å². The normalized spacial score (nSPS) is 12.2. The van der Waals surface area contributed by atoms with Gasteiger partial charge in [-0.3, -0.25) is 13.9 Å². The summed E-state index contributed by atoms with van der Waals surface area (Å²) in [4.78, 5) is 28.9. The summed E-state index contributed by atoms with van der Waals surface area (Å²) in [6, 6.07) is 24.2. The number of hydrogen-bond acceptors (Lipinski definition) is 4. The highest BCUT2D eigenvalue weighted by atomic mass is 32.2. The van der Waals surface area contributed by atoms with Gasteiger partial charge in [0, 0.05) is 32.0 Å². The first-order valence-electron chi connectivity index (χ1n) is 13.7. The topological polar surface area (TPSA) is 86.8 Å². The molecule has 1 atom stereocenters. The van der Waals surface area contributed by atoms with Crippen molar-refractivity contribution in [3.05, 3.63) is 101 Å². The maximum atomic E-state index is 13.8. The Morgan fingerprint density at radius 1 is 0.875 bits per heavy atom.